The number of anilines is 2. The van der Waals surface area contributed by atoms with Crippen molar-refractivity contribution in [2.45, 2.75) is 6.54 Å². The molecule has 2 amide bonds. The predicted octanol–water partition coefficient (Wildman–Crippen LogP) is 1.75. The number of carbonyl (C=O) groups excluding carboxylic acids is 1. The molecule has 0 spiro atoms. The third kappa shape index (κ3) is 3.43. The van der Waals surface area contributed by atoms with Gasteiger partial charge in [0.05, 0.1) is 17.4 Å². The van der Waals surface area contributed by atoms with Gasteiger partial charge >= 0.3 is 6.03 Å². The van der Waals surface area contributed by atoms with E-state index in [9.17, 15) is 4.79 Å². The van der Waals surface area contributed by atoms with Gasteiger partial charge in [0, 0.05) is 33.8 Å². The summed E-state index contributed by atoms with van der Waals surface area (Å²) < 4.78 is 1.96. The zero-order valence-electron chi connectivity index (χ0n) is 13.8. The molecule has 0 aliphatic carbocycles. The Morgan fingerprint density at radius 3 is 2.83 bits per heavy atom. The van der Waals surface area contributed by atoms with Crippen molar-refractivity contribution in [3.63, 3.8) is 0 Å². The third-order valence-electron chi connectivity index (χ3n) is 3.60. The van der Waals surface area contributed by atoms with Gasteiger partial charge in [-0.05, 0) is 17.7 Å². The molecule has 0 atom stereocenters. The second-order valence-corrected chi connectivity index (χ2v) is 5.64. The van der Waals surface area contributed by atoms with E-state index in [0.717, 1.165) is 22.4 Å². The van der Waals surface area contributed by atoms with Gasteiger partial charge in [0.25, 0.3) is 0 Å². The number of carbonyl (C=O) groups is 1. The quantitative estimate of drug-likeness (QED) is 0.763. The first-order chi connectivity index (χ1) is 11.5. The molecule has 0 aliphatic heterocycles. The minimum atomic E-state index is -0.320. The number of hydrogen-bond acceptors (Lipinski definition) is 5. The SMILES string of the molecule is CN(C)c1cc(NC(=O)NCc2ccc3c(c2)ncn3C)ncn1. The molecule has 2 N–H and O–H groups in total. The Balaban J connectivity index is 1.61. The third-order valence-corrected chi connectivity index (χ3v) is 3.60. The molecule has 8 nitrogen and oxygen atoms in total. The highest BCUT2D eigenvalue weighted by atomic mass is 16.2. The molecule has 0 saturated carbocycles. The summed E-state index contributed by atoms with van der Waals surface area (Å²) in [7, 11) is 5.70. The van der Waals surface area contributed by atoms with Gasteiger partial charge in [0.15, 0.2) is 0 Å². The Labute approximate surface area is 139 Å². The number of nitrogens with zero attached hydrogens (tertiary/aromatic N) is 5. The van der Waals surface area contributed by atoms with Gasteiger partial charge in [-0.25, -0.2) is 19.7 Å². The monoisotopic (exact) mass is 325 g/mol. The highest BCUT2D eigenvalue weighted by Gasteiger charge is 2.06. The summed E-state index contributed by atoms with van der Waals surface area (Å²) in [5, 5.41) is 5.51. The van der Waals surface area contributed by atoms with Crippen molar-refractivity contribution >= 4 is 28.7 Å². The molecule has 0 saturated heterocycles. The van der Waals surface area contributed by atoms with Crippen molar-refractivity contribution in [1.82, 2.24) is 24.8 Å². The number of benzene rings is 1. The first-order valence-corrected chi connectivity index (χ1v) is 7.47. The maximum absolute atomic E-state index is 12.0. The van der Waals surface area contributed by atoms with E-state index in [1.165, 1.54) is 6.33 Å². The van der Waals surface area contributed by atoms with Gasteiger partial charge in [0.1, 0.15) is 18.0 Å². The molecule has 0 aliphatic rings. The van der Waals surface area contributed by atoms with Crippen molar-refractivity contribution < 1.29 is 4.79 Å². The summed E-state index contributed by atoms with van der Waals surface area (Å²) in [5.74, 6) is 1.17. The molecule has 0 fully saturated rings. The summed E-state index contributed by atoms with van der Waals surface area (Å²) in [6.07, 6.45) is 3.19. The Bertz CT molecular complexity index is 872. The number of fused-ring (bicyclic) bond motifs is 1. The first kappa shape index (κ1) is 15.7. The highest BCUT2D eigenvalue weighted by molar-refractivity contribution is 5.88. The fraction of sp³-hybridized carbons (Fsp3) is 0.250. The lowest BCUT2D eigenvalue weighted by Gasteiger charge is -2.12. The van der Waals surface area contributed by atoms with Crippen molar-refractivity contribution in [2.75, 3.05) is 24.3 Å². The van der Waals surface area contributed by atoms with Crippen LogP contribution in [-0.4, -0.2) is 39.6 Å². The smallest absolute Gasteiger partial charge is 0.320 e. The van der Waals surface area contributed by atoms with Gasteiger partial charge in [-0.15, -0.1) is 0 Å². The molecule has 2 heterocycles. The minimum absolute atomic E-state index is 0.320. The molecule has 1 aromatic carbocycles. The fourth-order valence-electron chi connectivity index (χ4n) is 2.29. The summed E-state index contributed by atoms with van der Waals surface area (Å²) in [4.78, 5) is 26.3. The van der Waals surface area contributed by atoms with Crippen molar-refractivity contribution in [2.24, 2.45) is 7.05 Å². The zero-order valence-corrected chi connectivity index (χ0v) is 13.8. The Hall–Kier alpha value is -3.16. The Morgan fingerprint density at radius 1 is 1.21 bits per heavy atom. The average molecular weight is 325 g/mol. The van der Waals surface area contributed by atoms with Crippen LogP contribution in [0.4, 0.5) is 16.4 Å². The van der Waals surface area contributed by atoms with E-state index < -0.39 is 0 Å². The number of rotatable bonds is 4. The van der Waals surface area contributed by atoms with Gasteiger partial charge in [-0.2, -0.15) is 0 Å². The molecule has 3 aromatic rings. The predicted molar refractivity (Wildman–Crippen MR) is 92.9 cm³/mol. The number of hydrogen-bond donors (Lipinski definition) is 2. The summed E-state index contributed by atoms with van der Waals surface area (Å²) in [5.41, 5.74) is 2.94. The van der Waals surface area contributed by atoms with E-state index in [2.05, 4.69) is 25.6 Å². The largest absolute Gasteiger partial charge is 0.363 e. The van der Waals surface area contributed by atoms with Crippen LogP contribution in [0.25, 0.3) is 11.0 Å². The lowest BCUT2D eigenvalue weighted by Crippen LogP contribution is -2.28. The topological polar surface area (TPSA) is 88.0 Å². The molecule has 8 heteroatoms. The normalized spacial score (nSPS) is 10.6. The molecule has 2 aromatic heterocycles. The minimum Gasteiger partial charge on any atom is -0.363 e. The van der Waals surface area contributed by atoms with Crippen LogP contribution >= 0.6 is 0 Å². The number of aryl methyl sites for hydroxylation is 1. The molecule has 0 unspecified atom stereocenters. The van der Waals surface area contributed by atoms with Crippen LogP contribution in [0.1, 0.15) is 5.56 Å². The summed E-state index contributed by atoms with van der Waals surface area (Å²) in [6, 6.07) is 7.31. The average Bonchev–Trinajstić information content (AvgIpc) is 2.94. The van der Waals surface area contributed by atoms with E-state index in [1.807, 2.05) is 48.8 Å². The van der Waals surface area contributed by atoms with E-state index in [1.54, 1.807) is 12.4 Å². The van der Waals surface area contributed by atoms with Crippen LogP contribution in [0, 0.1) is 0 Å². The number of amides is 2. The Kier molecular flexibility index (Phi) is 4.28. The lowest BCUT2D eigenvalue weighted by molar-refractivity contribution is 0.251. The number of nitrogens with one attached hydrogen (secondary N) is 2. The van der Waals surface area contributed by atoms with Gasteiger partial charge in [-0.3, -0.25) is 5.32 Å². The van der Waals surface area contributed by atoms with E-state index >= 15 is 0 Å². The van der Waals surface area contributed by atoms with E-state index in [4.69, 9.17) is 0 Å². The number of aromatic nitrogens is 4. The Morgan fingerprint density at radius 2 is 2.04 bits per heavy atom. The maximum atomic E-state index is 12.0. The van der Waals surface area contributed by atoms with Gasteiger partial charge < -0.3 is 14.8 Å². The maximum Gasteiger partial charge on any atom is 0.320 e. The molecule has 24 heavy (non-hydrogen) atoms. The zero-order chi connectivity index (χ0) is 17.1. The summed E-state index contributed by atoms with van der Waals surface area (Å²) in [6.45, 7) is 0.407. The molecule has 0 bridgehead atoms. The van der Waals surface area contributed by atoms with E-state index in [0.29, 0.717) is 12.4 Å². The van der Waals surface area contributed by atoms with Crippen molar-refractivity contribution in [3.05, 3.63) is 42.5 Å². The van der Waals surface area contributed by atoms with E-state index in [-0.39, 0.29) is 6.03 Å². The van der Waals surface area contributed by atoms with Crippen molar-refractivity contribution in [3.8, 4) is 0 Å². The van der Waals surface area contributed by atoms with Crippen LogP contribution in [0.3, 0.4) is 0 Å². The molecular weight excluding hydrogens is 306 g/mol. The second-order valence-electron chi connectivity index (χ2n) is 5.64. The van der Waals surface area contributed by atoms with Crippen LogP contribution in [0.15, 0.2) is 36.9 Å². The number of urea groups is 1. The number of imidazole rings is 1. The van der Waals surface area contributed by atoms with Crippen LogP contribution in [0.5, 0.6) is 0 Å². The van der Waals surface area contributed by atoms with Crippen LogP contribution in [-0.2, 0) is 13.6 Å². The molecule has 124 valence electrons. The lowest BCUT2D eigenvalue weighted by atomic mass is 10.2. The van der Waals surface area contributed by atoms with Gasteiger partial charge in [0.2, 0.25) is 0 Å². The second kappa shape index (κ2) is 6.53. The van der Waals surface area contributed by atoms with Crippen LogP contribution in [0.2, 0.25) is 0 Å². The molecule has 3 rings (SSSR count). The standard InChI is InChI=1S/C16H19N7O/c1-22(2)15-7-14(18-9-19-15)21-16(24)17-8-11-4-5-13-12(6-11)20-10-23(13)3/h4-7,9-10H,8H2,1-3H3,(H2,17,18,19,21,24). The van der Waals surface area contributed by atoms with Crippen molar-refractivity contribution in [1.29, 1.82) is 0 Å². The van der Waals surface area contributed by atoms with Gasteiger partial charge in [-0.1, -0.05) is 6.07 Å². The molecule has 0 radical (unpaired) electrons. The highest BCUT2D eigenvalue weighted by Crippen LogP contribution is 2.14. The van der Waals surface area contributed by atoms with Crippen LogP contribution < -0.4 is 15.5 Å². The molecular formula is C16H19N7O. The first-order valence-electron chi connectivity index (χ1n) is 7.47. The summed E-state index contributed by atoms with van der Waals surface area (Å²) >= 11 is 0. The fourth-order valence-corrected chi connectivity index (χ4v) is 2.29.